The Morgan fingerprint density at radius 1 is 1.42 bits per heavy atom. The summed E-state index contributed by atoms with van der Waals surface area (Å²) in [6.45, 7) is 4.52. The number of thiophene rings is 1. The van der Waals surface area contributed by atoms with E-state index in [-0.39, 0.29) is 0 Å². The smallest absolute Gasteiger partial charge is 0.131 e. The topological polar surface area (TPSA) is 56.3 Å². The molecule has 1 unspecified atom stereocenters. The number of nitrogens with zero attached hydrogens (tertiary/aromatic N) is 3. The van der Waals surface area contributed by atoms with Crippen molar-refractivity contribution in [3.05, 3.63) is 4.88 Å². The summed E-state index contributed by atoms with van der Waals surface area (Å²) in [5, 5.41) is 10.3. The van der Waals surface area contributed by atoms with E-state index in [0.29, 0.717) is 16.6 Å². The third kappa shape index (κ3) is 2.20. The van der Waals surface area contributed by atoms with E-state index in [2.05, 4.69) is 15.9 Å². The highest BCUT2D eigenvalue weighted by molar-refractivity contribution is 7.99. The zero-order chi connectivity index (χ0) is 13.4. The van der Waals surface area contributed by atoms with Crippen LogP contribution in [0.15, 0.2) is 4.90 Å². The second-order valence-electron chi connectivity index (χ2n) is 5.07. The van der Waals surface area contributed by atoms with Crippen LogP contribution in [0, 0.1) is 11.3 Å². The Hall–Kier alpha value is -0.900. The third-order valence-electron chi connectivity index (χ3n) is 4.06. The van der Waals surface area contributed by atoms with Gasteiger partial charge in [0.15, 0.2) is 0 Å². The van der Waals surface area contributed by atoms with Crippen molar-refractivity contribution in [3.63, 3.8) is 0 Å². The van der Waals surface area contributed by atoms with Crippen LogP contribution >= 0.6 is 23.1 Å². The summed E-state index contributed by atoms with van der Waals surface area (Å²) >= 11 is 3.21. The standard InChI is InChI=1S/C13H18N4S2/c1-18-12-11(15)10(7-14)19-13(12)17-6-5-16-4-2-3-9(16)8-17/h9H,2-6,8,15H2,1H3. The number of fused-ring (bicyclic) bond motifs is 1. The fourth-order valence-electron chi connectivity index (χ4n) is 3.08. The molecular weight excluding hydrogens is 276 g/mol. The molecule has 0 saturated carbocycles. The minimum Gasteiger partial charge on any atom is -0.396 e. The predicted octanol–water partition coefficient (Wildman–Crippen LogP) is 2.21. The molecule has 1 atom stereocenters. The van der Waals surface area contributed by atoms with E-state index in [4.69, 9.17) is 11.0 Å². The fraction of sp³-hybridized carbons (Fsp3) is 0.615. The molecule has 0 amide bonds. The number of hydrogen-bond acceptors (Lipinski definition) is 6. The van der Waals surface area contributed by atoms with Gasteiger partial charge in [-0.3, -0.25) is 4.90 Å². The Bertz CT molecular complexity index is 519. The molecule has 0 spiro atoms. The molecule has 19 heavy (non-hydrogen) atoms. The van der Waals surface area contributed by atoms with Crippen LogP contribution in [0.3, 0.4) is 0 Å². The maximum absolute atomic E-state index is 9.14. The monoisotopic (exact) mass is 294 g/mol. The van der Waals surface area contributed by atoms with Crippen molar-refractivity contribution in [1.29, 1.82) is 5.26 Å². The van der Waals surface area contributed by atoms with Crippen LogP contribution in [0.5, 0.6) is 0 Å². The maximum atomic E-state index is 9.14. The molecule has 6 heteroatoms. The Morgan fingerprint density at radius 3 is 3.00 bits per heavy atom. The van der Waals surface area contributed by atoms with Crippen molar-refractivity contribution < 1.29 is 0 Å². The summed E-state index contributed by atoms with van der Waals surface area (Å²) in [4.78, 5) is 6.78. The first-order chi connectivity index (χ1) is 9.24. The average Bonchev–Trinajstić information content (AvgIpc) is 3.01. The van der Waals surface area contributed by atoms with Crippen LogP contribution in [0.25, 0.3) is 0 Å². The molecular formula is C13H18N4S2. The molecule has 102 valence electrons. The van der Waals surface area contributed by atoms with Gasteiger partial charge in [0.1, 0.15) is 15.9 Å². The van der Waals surface area contributed by atoms with Crippen LogP contribution < -0.4 is 10.6 Å². The summed E-state index contributed by atoms with van der Waals surface area (Å²) in [5.41, 5.74) is 6.74. The Balaban J connectivity index is 1.88. The lowest BCUT2D eigenvalue weighted by atomic mass is 10.1. The van der Waals surface area contributed by atoms with Crippen LogP contribution in [0.4, 0.5) is 10.7 Å². The molecule has 0 aromatic carbocycles. The summed E-state index contributed by atoms with van der Waals surface area (Å²) in [7, 11) is 0. The molecule has 4 nitrogen and oxygen atoms in total. The lowest BCUT2D eigenvalue weighted by Gasteiger charge is -2.38. The largest absolute Gasteiger partial charge is 0.396 e. The quantitative estimate of drug-likeness (QED) is 0.848. The van der Waals surface area contributed by atoms with Gasteiger partial charge < -0.3 is 10.6 Å². The molecule has 2 saturated heterocycles. The normalized spacial score (nSPS) is 23.4. The number of thioether (sulfide) groups is 1. The molecule has 3 rings (SSSR count). The van der Waals surface area contributed by atoms with Crippen molar-refractivity contribution in [3.8, 4) is 6.07 Å². The van der Waals surface area contributed by atoms with E-state index in [1.165, 1.54) is 24.4 Å². The number of rotatable bonds is 2. The van der Waals surface area contributed by atoms with Crippen molar-refractivity contribution in [2.45, 2.75) is 23.8 Å². The van der Waals surface area contributed by atoms with Gasteiger partial charge in [0.05, 0.1) is 10.6 Å². The fourth-order valence-corrected chi connectivity index (χ4v) is 5.09. The predicted molar refractivity (Wildman–Crippen MR) is 82.0 cm³/mol. The first-order valence-corrected chi connectivity index (χ1v) is 8.64. The Kier molecular flexibility index (Phi) is 3.61. The molecule has 0 aliphatic carbocycles. The van der Waals surface area contributed by atoms with E-state index in [1.807, 2.05) is 6.26 Å². The first-order valence-electron chi connectivity index (χ1n) is 6.60. The minimum atomic E-state index is 0.660. The summed E-state index contributed by atoms with van der Waals surface area (Å²) in [6, 6.07) is 2.91. The van der Waals surface area contributed by atoms with Crippen LogP contribution in [0.2, 0.25) is 0 Å². The first kappa shape index (κ1) is 13.1. The van der Waals surface area contributed by atoms with Gasteiger partial charge in [-0.1, -0.05) is 0 Å². The zero-order valence-corrected chi connectivity index (χ0v) is 12.7. The number of nitrogens with two attached hydrogens (primary N) is 1. The van der Waals surface area contributed by atoms with Crippen LogP contribution in [-0.4, -0.2) is 43.4 Å². The molecule has 2 aliphatic rings. The van der Waals surface area contributed by atoms with Gasteiger partial charge in [-0.15, -0.1) is 23.1 Å². The second-order valence-corrected chi connectivity index (χ2v) is 6.89. The van der Waals surface area contributed by atoms with Crippen molar-refractivity contribution in [2.24, 2.45) is 0 Å². The van der Waals surface area contributed by atoms with Gasteiger partial charge in [0.25, 0.3) is 0 Å². The molecule has 0 bridgehead atoms. The molecule has 2 N–H and O–H groups in total. The maximum Gasteiger partial charge on any atom is 0.131 e. The van der Waals surface area contributed by atoms with E-state index in [1.54, 1.807) is 23.1 Å². The summed E-state index contributed by atoms with van der Waals surface area (Å²) in [5.74, 6) is 0. The summed E-state index contributed by atoms with van der Waals surface area (Å²) < 4.78 is 0. The van der Waals surface area contributed by atoms with E-state index >= 15 is 0 Å². The van der Waals surface area contributed by atoms with E-state index < -0.39 is 0 Å². The highest BCUT2D eigenvalue weighted by Crippen LogP contribution is 2.44. The number of hydrogen-bond donors (Lipinski definition) is 1. The van der Waals surface area contributed by atoms with Crippen LogP contribution in [-0.2, 0) is 0 Å². The SMILES string of the molecule is CSc1c(N2CCN3CCCC3C2)sc(C#N)c1N. The van der Waals surface area contributed by atoms with Crippen LogP contribution in [0.1, 0.15) is 17.7 Å². The number of piperazine rings is 1. The minimum absolute atomic E-state index is 0.660. The molecule has 2 fully saturated rings. The molecule has 0 radical (unpaired) electrons. The highest BCUT2D eigenvalue weighted by atomic mass is 32.2. The Morgan fingerprint density at radius 2 is 2.26 bits per heavy atom. The molecule has 1 aromatic heterocycles. The van der Waals surface area contributed by atoms with Crippen molar-refractivity contribution in [1.82, 2.24) is 4.90 Å². The zero-order valence-electron chi connectivity index (χ0n) is 11.1. The van der Waals surface area contributed by atoms with E-state index in [0.717, 1.165) is 24.5 Å². The summed E-state index contributed by atoms with van der Waals surface area (Å²) in [6.07, 6.45) is 4.66. The second kappa shape index (κ2) is 5.23. The van der Waals surface area contributed by atoms with Gasteiger partial charge in [0.2, 0.25) is 0 Å². The van der Waals surface area contributed by atoms with E-state index in [9.17, 15) is 0 Å². The molecule has 3 heterocycles. The lowest BCUT2D eigenvalue weighted by Crippen LogP contribution is -2.50. The van der Waals surface area contributed by atoms with Gasteiger partial charge >= 0.3 is 0 Å². The Labute approximate surface area is 122 Å². The number of anilines is 2. The average molecular weight is 294 g/mol. The number of nitrogen functional groups attached to an aromatic ring is 1. The number of nitriles is 1. The lowest BCUT2D eigenvalue weighted by molar-refractivity contribution is 0.231. The van der Waals surface area contributed by atoms with Crippen molar-refractivity contribution >= 4 is 33.8 Å². The third-order valence-corrected chi connectivity index (χ3v) is 6.18. The van der Waals surface area contributed by atoms with Gasteiger partial charge in [-0.05, 0) is 25.6 Å². The van der Waals surface area contributed by atoms with Crippen molar-refractivity contribution in [2.75, 3.05) is 43.1 Å². The highest BCUT2D eigenvalue weighted by Gasteiger charge is 2.32. The van der Waals surface area contributed by atoms with Gasteiger partial charge in [0, 0.05) is 25.7 Å². The van der Waals surface area contributed by atoms with Gasteiger partial charge in [-0.25, -0.2) is 0 Å². The molecule has 2 aliphatic heterocycles. The molecule has 1 aromatic rings. The van der Waals surface area contributed by atoms with Gasteiger partial charge in [-0.2, -0.15) is 5.26 Å².